The van der Waals surface area contributed by atoms with Gasteiger partial charge >= 0.3 is 0 Å². The average molecular weight is 373 g/mol. The van der Waals surface area contributed by atoms with Crippen molar-refractivity contribution in [3.63, 3.8) is 0 Å². The maximum absolute atomic E-state index is 12.3. The molecule has 2 N–H and O–H groups in total. The van der Waals surface area contributed by atoms with Crippen LogP contribution in [0.5, 0.6) is 0 Å². The van der Waals surface area contributed by atoms with Crippen molar-refractivity contribution in [3.05, 3.63) is 52.5 Å². The van der Waals surface area contributed by atoms with Gasteiger partial charge in [0.15, 0.2) is 0 Å². The number of aryl methyl sites for hydroxylation is 1. The van der Waals surface area contributed by atoms with Crippen LogP contribution in [-0.2, 0) is 29.0 Å². The molecule has 144 valence electrons. The number of nitrogens with zero attached hydrogens (tertiary/aromatic N) is 3. The predicted octanol–water partition coefficient (Wildman–Crippen LogP) is -0.448. The van der Waals surface area contributed by atoms with Crippen LogP contribution in [-0.4, -0.2) is 52.2 Å². The normalized spacial score (nSPS) is 15.8. The van der Waals surface area contributed by atoms with Crippen molar-refractivity contribution in [1.29, 1.82) is 0 Å². The summed E-state index contributed by atoms with van der Waals surface area (Å²) >= 11 is 0. The van der Waals surface area contributed by atoms with Gasteiger partial charge in [-0.05, 0) is 12.5 Å². The number of amides is 2. The molecule has 27 heavy (non-hydrogen) atoms. The molecule has 1 aliphatic heterocycles. The van der Waals surface area contributed by atoms with E-state index in [-0.39, 0.29) is 30.0 Å². The van der Waals surface area contributed by atoms with Crippen molar-refractivity contribution in [2.75, 3.05) is 20.3 Å². The zero-order chi connectivity index (χ0) is 19.2. The molecular weight excluding hydrogens is 350 g/mol. The van der Waals surface area contributed by atoms with E-state index in [1.165, 1.54) is 10.6 Å². The Kier molecular flexibility index (Phi) is 6.02. The number of carbonyl (C=O) groups excluding carboxylic acids is 2. The van der Waals surface area contributed by atoms with E-state index in [1.54, 1.807) is 31.6 Å². The minimum Gasteiger partial charge on any atom is -0.383 e. The first kappa shape index (κ1) is 18.8. The van der Waals surface area contributed by atoms with Gasteiger partial charge in [-0.15, -0.1) is 0 Å². The van der Waals surface area contributed by atoms with Gasteiger partial charge in [0.1, 0.15) is 18.1 Å². The summed E-state index contributed by atoms with van der Waals surface area (Å²) in [6.07, 6.45) is 4.54. The van der Waals surface area contributed by atoms with E-state index in [4.69, 9.17) is 4.74 Å². The minimum atomic E-state index is -0.233. The molecule has 1 unspecified atom stereocenters. The summed E-state index contributed by atoms with van der Waals surface area (Å²) in [6.45, 7) is 1.29. The van der Waals surface area contributed by atoms with Gasteiger partial charge in [0.25, 0.3) is 11.5 Å². The lowest BCUT2D eigenvalue weighted by Crippen LogP contribution is -2.44. The molecule has 9 nitrogen and oxygen atoms in total. The highest BCUT2D eigenvalue weighted by molar-refractivity contribution is 5.92. The van der Waals surface area contributed by atoms with Crippen LogP contribution in [0, 0.1) is 0 Å². The highest BCUT2D eigenvalue weighted by atomic mass is 16.5. The molecule has 2 amide bonds. The summed E-state index contributed by atoms with van der Waals surface area (Å²) in [5.41, 5.74) is 0.252. The molecule has 0 bridgehead atoms. The summed E-state index contributed by atoms with van der Waals surface area (Å²) in [6, 6.07) is 4.64. The molecule has 9 heteroatoms. The molecule has 2 aromatic rings. The smallest absolute Gasteiger partial charge is 0.269 e. The molecule has 0 aromatic carbocycles. The van der Waals surface area contributed by atoms with Crippen LogP contribution in [0.15, 0.2) is 35.4 Å². The summed E-state index contributed by atoms with van der Waals surface area (Å²) in [5.74, 6) is 0.383. The number of ether oxygens (including phenoxy) is 1. The lowest BCUT2D eigenvalue weighted by atomic mass is 10.1. The molecule has 3 rings (SSSR count). The van der Waals surface area contributed by atoms with Gasteiger partial charge in [0, 0.05) is 44.9 Å². The first-order valence-corrected chi connectivity index (χ1v) is 8.85. The zero-order valence-electron chi connectivity index (χ0n) is 15.2. The molecule has 0 aliphatic carbocycles. The predicted molar refractivity (Wildman–Crippen MR) is 97.4 cm³/mol. The summed E-state index contributed by atoms with van der Waals surface area (Å²) < 4.78 is 8.13. The van der Waals surface area contributed by atoms with E-state index >= 15 is 0 Å². The van der Waals surface area contributed by atoms with E-state index < -0.39 is 0 Å². The Morgan fingerprint density at radius 1 is 1.37 bits per heavy atom. The van der Waals surface area contributed by atoms with Crippen molar-refractivity contribution in [2.45, 2.75) is 32.0 Å². The van der Waals surface area contributed by atoms with E-state index in [0.717, 1.165) is 12.2 Å². The first-order chi connectivity index (χ1) is 13.1. The number of fused-ring (bicyclic) bond motifs is 1. The highest BCUT2D eigenvalue weighted by Crippen LogP contribution is 2.17. The lowest BCUT2D eigenvalue weighted by Gasteiger charge is -2.26. The van der Waals surface area contributed by atoms with Crippen LogP contribution >= 0.6 is 0 Å². The monoisotopic (exact) mass is 373 g/mol. The second-order valence-electron chi connectivity index (χ2n) is 6.39. The minimum absolute atomic E-state index is 0.0304. The average Bonchev–Trinajstić information content (AvgIpc) is 3.07. The maximum Gasteiger partial charge on any atom is 0.269 e. The Labute approximate surface area is 156 Å². The van der Waals surface area contributed by atoms with Crippen LogP contribution in [0.3, 0.4) is 0 Å². The maximum atomic E-state index is 12.3. The van der Waals surface area contributed by atoms with Gasteiger partial charge in [-0.2, -0.15) is 0 Å². The molecule has 1 atom stereocenters. The quantitative estimate of drug-likeness (QED) is 0.640. The van der Waals surface area contributed by atoms with Crippen molar-refractivity contribution in [2.24, 2.45) is 0 Å². The number of carbonyl (C=O) groups is 2. The fourth-order valence-corrected chi connectivity index (χ4v) is 3.11. The van der Waals surface area contributed by atoms with Crippen LogP contribution in [0.1, 0.15) is 22.7 Å². The van der Waals surface area contributed by atoms with Crippen molar-refractivity contribution in [1.82, 2.24) is 24.8 Å². The van der Waals surface area contributed by atoms with Crippen LogP contribution in [0.2, 0.25) is 0 Å². The molecule has 1 aliphatic rings. The highest BCUT2D eigenvalue weighted by Gasteiger charge is 2.25. The third-order valence-electron chi connectivity index (χ3n) is 4.46. The molecule has 0 spiro atoms. The Bertz CT molecular complexity index is 873. The Hall–Kier alpha value is -2.94. The third kappa shape index (κ3) is 4.62. The lowest BCUT2D eigenvalue weighted by molar-refractivity contribution is -0.122. The number of hydrogen-bond donors (Lipinski definition) is 2. The number of rotatable bonds is 7. The molecular formula is C18H23N5O4. The summed E-state index contributed by atoms with van der Waals surface area (Å²) in [7, 11) is 1.57. The molecule has 3 heterocycles. The Morgan fingerprint density at radius 3 is 3.00 bits per heavy atom. The summed E-state index contributed by atoms with van der Waals surface area (Å²) in [4.78, 5) is 40.6. The van der Waals surface area contributed by atoms with Crippen LogP contribution in [0.4, 0.5) is 0 Å². The third-order valence-corrected chi connectivity index (χ3v) is 4.46. The van der Waals surface area contributed by atoms with Gasteiger partial charge in [-0.25, -0.2) is 4.98 Å². The Morgan fingerprint density at radius 2 is 2.22 bits per heavy atom. The zero-order valence-corrected chi connectivity index (χ0v) is 15.2. The molecule has 2 aromatic heterocycles. The molecule has 0 radical (unpaired) electrons. The number of imidazole rings is 1. The number of aromatic nitrogens is 3. The summed E-state index contributed by atoms with van der Waals surface area (Å²) in [5, 5.41) is 5.73. The second kappa shape index (κ2) is 8.63. The van der Waals surface area contributed by atoms with E-state index in [0.29, 0.717) is 31.8 Å². The second-order valence-corrected chi connectivity index (χ2v) is 6.39. The van der Waals surface area contributed by atoms with Gasteiger partial charge < -0.3 is 24.5 Å². The van der Waals surface area contributed by atoms with Gasteiger partial charge in [-0.1, -0.05) is 6.07 Å². The van der Waals surface area contributed by atoms with Crippen LogP contribution in [0.25, 0.3) is 0 Å². The topological polar surface area (TPSA) is 107 Å². The van der Waals surface area contributed by atoms with E-state index in [1.807, 2.05) is 4.57 Å². The first-order valence-electron chi connectivity index (χ1n) is 8.85. The van der Waals surface area contributed by atoms with Crippen molar-refractivity contribution < 1.29 is 14.3 Å². The van der Waals surface area contributed by atoms with Gasteiger partial charge in [0.05, 0.1) is 12.8 Å². The van der Waals surface area contributed by atoms with Crippen LogP contribution < -0.4 is 16.2 Å². The van der Waals surface area contributed by atoms with E-state index in [9.17, 15) is 14.4 Å². The standard InChI is InChI=1S/C18H23N5O4/c1-27-9-7-19-18(26)14-10-20-15-6-5-13(11-23(14)15)21-16(24)12-22-8-3-2-4-17(22)25/h2-4,8,10,13H,5-7,9,11-12H2,1H3,(H,19,26)(H,21,24). The van der Waals surface area contributed by atoms with Crippen molar-refractivity contribution in [3.8, 4) is 0 Å². The van der Waals surface area contributed by atoms with Gasteiger partial charge in [-0.3, -0.25) is 14.4 Å². The molecule has 0 fully saturated rings. The fourth-order valence-electron chi connectivity index (χ4n) is 3.11. The Balaban J connectivity index is 1.61. The molecule has 0 saturated carbocycles. The van der Waals surface area contributed by atoms with Gasteiger partial charge in [0.2, 0.25) is 5.91 Å². The van der Waals surface area contributed by atoms with Crippen molar-refractivity contribution >= 4 is 11.8 Å². The number of pyridine rings is 1. The number of nitrogens with one attached hydrogen (secondary N) is 2. The number of hydrogen-bond acceptors (Lipinski definition) is 5. The van der Waals surface area contributed by atoms with E-state index in [2.05, 4.69) is 15.6 Å². The largest absolute Gasteiger partial charge is 0.383 e. The number of methoxy groups -OCH3 is 1. The molecule has 0 saturated heterocycles. The SMILES string of the molecule is COCCNC(=O)c1cnc2n1CC(NC(=O)Cn1ccccc1=O)CC2. The fraction of sp³-hybridized carbons (Fsp3) is 0.444.